The van der Waals surface area contributed by atoms with Crippen molar-refractivity contribution in [2.24, 2.45) is 0 Å². The maximum absolute atomic E-state index is 13.6. The van der Waals surface area contributed by atoms with Gasteiger partial charge in [0, 0.05) is 5.56 Å². The first-order valence-corrected chi connectivity index (χ1v) is 11.9. The molecule has 0 aliphatic carbocycles. The lowest BCUT2D eigenvalue weighted by Gasteiger charge is -2.08. The second-order valence-corrected chi connectivity index (χ2v) is 8.43. The molecule has 194 valence electrons. The van der Waals surface area contributed by atoms with E-state index in [1.54, 1.807) is 18.3 Å². The number of terminal acetylenes is 1. The zero-order valence-corrected chi connectivity index (χ0v) is 21.1. The Labute approximate surface area is 215 Å². The summed E-state index contributed by atoms with van der Waals surface area (Å²) in [4.78, 5) is 14.4. The van der Waals surface area contributed by atoms with Gasteiger partial charge in [-0.2, -0.15) is 13.2 Å². The summed E-state index contributed by atoms with van der Waals surface area (Å²) in [5, 5.41) is 6.23. The number of aromatic nitrogens is 4. The van der Waals surface area contributed by atoms with E-state index in [1.165, 1.54) is 0 Å². The molecule has 2 heterocycles. The topological polar surface area (TPSA) is 81.4 Å². The molecule has 4 rings (SSSR count). The van der Waals surface area contributed by atoms with E-state index < -0.39 is 11.9 Å². The number of nitrogens with one attached hydrogen (secondary N) is 4. The molecule has 0 aliphatic rings. The molecule has 2 aromatic heterocycles. The monoisotopic (exact) mass is 508 g/mol. The standard InChI is InChI=1S/C26H29F3N6.C2H2/c1-4-13-31-15-22-34-23(24(35-22)26(27,28)29)20-11-7-18(8-12-20)17-5-9-19(10-6-17)21-14-32-25(33-21)16(2)30-3;1-2/h5-12,14,16,30-31H,4,13,15H2,1-3H3,(H,32,33)(H,34,35);1-2H/t16-;/m0./s1. The third-order valence-corrected chi connectivity index (χ3v) is 5.88. The van der Waals surface area contributed by atoms with Gasteiger partial charge in [-0.05, 0) is 43.6 Å². The van der Waals surface area contributed by atoms with Gasteiger partial charge in [0.1, 0.15) is 23.0 Å². The van der Waals surface area contributed by atoms with Crippen molar-refractivity contribution in [2.45, 2.75) is 39.0 Å². The Bertz CT molecular complexity index is 1280. The van der Waals surface area contributed by atoms with Crippen LogP contribution in [-0.4, -0.2) is 33.5 Å². The zero-order chi connectivity index (χ0) is 27.0. The predicted molar refractivity (Wildman–Crippen MR) is 141 cm³/mol. The number of halogens is 3. The molecule has 2 aromatic carbocycles. The number of H-pyrrole nitrogens is 2. The predicted octanol–water partition coefficient (Wildman–Crippen LogP) is 6.18. The Hall–Kier alpha value is -3.87. The van der Waals surface area contributed by atoms with E-state index in [2.05, 4.69) is 43.4 Å². The van der Waals surface area contributed by atoms with Crippen molar-refractivity contribution in [3.05, 3.63) is 72.1 Å². The smallest absolute Gasteiger partial charge is 0.341 e. The fourth-order valence-electron chi connectivity index (χ4n) is 3.81. The molecule has 4 aromatic rings. The van der Waals surface area contributed by atoms with Crippen molar-refractivity contribution in [2.75, 3.05) is 13.6 Å². The van der Waals surface area contributed by atoms with Crippen LogP contribution in [0, 0.1) is 12.8 Å². The lowest BCUT2D eigenvalue weighted by molar-refractivity contribution is -0.140. The SMILES string of the molecule is C#C.CCCNCc1nc(-c2ccc(-c3ccc(-c4cnc([C@H](C)NC)[nH]4)cc3)cc2)c(C(F)(F)F)[nH]1. The van der Waals surface area contributed by atoms with E-state index in [0.29, 0.717) is 12.1 Å². The lowest BCUT2D eigenvalue weighted by atomic mass is 10.0. The molecule has 4 N–H and O–H groups in total. The van der Waals surface area contributed by atoms with Gasteiger partial charge in [-0.3, -0.25) is 0 Å². The Morgan fingerprint density at radius 1 is 0.919 bits per heavy atom. The summed E-state index contributed by atoms with van der Waals surface area (Å²) in [7, 11) is 1.88. The number of alkyl halides is 3. The molecule has 9 heteroatoms. The summed E-state index contributed by atoms with van der Waals surface area (Å²) >= 11 is 0. The summed E-state index contributed by atoms with van der Waals surface area (Å²) in [5.74, 6) is 1.13. The molecule has 6 nitrogen and oxygen atoms in total. The Kier molecular flexibility index (Phi) is 9.28. The van der Waals surface area contributed by atoms with Crippen molar-refractivity contribution >= 4 is 0 Å². The van der Waals surface area contributed by atoms with Gasteiger partial charge in [-0.15, -0.1) is 12.8 Å². The first-order chi connectivity index (χ1) is 17.8. The van der Waals surface area contributed by atoms with Crippen LogP contribution in [0.1, 0.15) is 43.7 Å². The van der Waals surface area contributed by atoms with Gasteiger partial charge < -0.3 is 20.6 Å². The van der Waals surface area contributed by atoms with Crippen LogP contribution in [0.5, 0.6) is 0 Å². The highest BCUT2D eigenvalue weighted by Gasteiger charge is 2.37. The number of rotatable bonds is 9. The van der Waals surface area contributed by atoms with E-state index in [4.69, 9.17) is 0 Å². The van der Waals surface area contributed by atoms with Crippen LogP contribution in [-0.2, 0) is 12.7 Å². The van der Waals surface area contributed by atoms with E-state index >= 15 is 0 Å². The molecular formula is C28H31F3N6. The molecule has 0 aliphatic heterocycles. The molecule has 0 amide bonds. The number of aromatic amines is 2. The van der Waals surface area contributed by atoms with Gasteiger partial charge >= 0.3 is 6.18 Å². The minimum absolute atomic E-state index is 0.0847. The third kappa shape index (κ3) is 6.67. The molecule has 1 atom stereocenters. The van der Waals surface area contributed by atoms with Gasteiger partial charge in [0.05, 0.1) is 24.5 Å². The molecule has 0 saturated carbocycles. The van der Waals surface area contributed by atoms with Gasteiger partial charge in [0.2, 0.25) is 0 Å². The molecule has 37 heavy (non-hydrogen) atoms. The Morgan fingerprint density at radius 2 is 1.49 bits per heavy atom. The number of nitrogens with zero attached hydrogens (tertiary/aromatic N) is 2. The maximum atomic E-state index is 13.6. The molecular weight excluding hydrogens is 477 g/mol. The van der Waals surface area contributed by atoms with Crippen LogP contribution in [0.2, 0.25) is 0 Å². The van der Waals surface area contributed by atoms with Crippen molar-refractivity contribution in [1.29, 1.82) is 0 Å². The number of imidazole rings is 2. The molecule has 0 fully saturated rings. The molecule has 0 unspecified atom stereocenters. The molecule has 0 saturated heterocycles. The Morgan fingerprint density at radius 3 is 2.03 bits per heavy atom. The number of hydrogen-bond donors (Lipinski definition) is 4. The first kappa shape index (κ1) is 27.7. The van der Waals surface area contributed by atoms with Crippen LogP contribution in [0.3, 0.4) is 0 Å². The highest BCUT2D eigenvalue weighted by Crippen LogP contribution is 2.36. The van der Waals surface area contributed by atoms with Crippen molar-refractivity contribution < 1.29 is 13.2 Å². The van der Waals surface area contributed by atoms with Gasteiger partial charge in [0.25, 0.3) is 0 Å². The number of benzene rings is 2. The minimum Gasteiger partial charge on any atom is -0.341 e. The van der Waals surface area contributed by atoms with E-state index in [1.807, 2.05) is 57.3 Å². The van der Waals surface area contributed by atoms with Crippen molar-refractivity contribution in [1.82, 2.24) is 30.6 Å². The molecule has 0 radical (unpaired) electrons. The summed E-state index contributed by atoms with van der Waals surface area (Å²) < 4.78 is 40.9. The van der Waals surface area contributed by atoms with Crippen LogP contribution >= 0.6 is 0 Å². The van der Waals surface area contributed by atoms with E-state index in [0.717, 1.165) is 34.6 Å². The van der Waals surface area contributed by atoms with E-state index in [-0.39, 0.29) is 24.1 Å². The molecule has 0 spiro atoms. The second kappa shape index (κ2) is 12.4. The summed E-state index contributed by atoms with van der Waals surface area (Å²) in [6, 6.07) is 15.1. The molecule has 0 bridgehead atoms. The average Bonchev–Trinajstić information content (AvgIpc) is 3.58. The van der Waals surface area contributed by atoms with Crippen LogP contribution < -0.4 is 10.6 Å². The van der Waals surface area contributed by atoms with Crippen molar-refractivity contribution in [3.63, 3.8) is 0 Å². The Balaban J connectivity index is 0.00000186. The maximum Gasteiger partial charge on any atom is 0.433 e. The second-order valence-electron chi connectivity index (χ2n) is 8.43. The van der Waals surface area contributed by atoms with Crippen LogP contribution in [0.25, 0.3) is 33.6 Å². The lowest BCUT2D eigenvalue weighted by Crippen LogP contribution is -2.15. The average molecular weight is 509 g/mol. The zero-order valence-electron chi connectivity index (χ0n) is 21.1. The van der Waals surface area contributed by atoms with Gasteiger partial charge in [-0.25, -0.2) is 9.97 Å². The van der Waals surface area contributed by atoms with Crippen LogP contribution in [0.15, 0.2) is 54.7 Å². The van der Waals surface area contributed by atoms with E-state index in [9.17, 15) is 13.2 Å². The highest BCUT2D eigenvalue weighted by atomic mass is 19.4. The van der Waals surface area contributed by atoms with Crippen LogP contribution in [0.4, 0.5) is 13.2 Å². The van der Waals surface area contributed by atoms with Crippen molar-refractivity contribution in [3.8, 4) is 46.5 Å². The number of hydrogen-bond acceptors (Lipinski definition) is 4. The summed E-state index contributed by atoms with van der Waals surface area (Å²) in [5.41, 5.74) is 3.30. The minimum atomic E-state index is -4.52. The van der Waals surface area contributed by atoms with Gasteiger partial charge in [0.15, 0.2) is 0 Å². The third-order valence-electron chi connectivity index (χ3n) is 5.88. The quantitative estimate of drug-likeness (QED) is 0.161. The largest absolute Gasteiger partial charge is 0.433 e. The highest BCUT2D eigenvalue weighted by molar-refractivity contribution is 5.72. The first-order valence-electron chi connectivity index (χ1n) is 11.9. The fraction of sp³-hybridized carbons (Fsp3) is 0.286. The fourth-order valence-corrected chi connectivity index (χ4v) is 3.81. The normalized spacial score (nSPS) is 12.1. The summed E-state index contributed by atoms with van der Waals surface area (Å²) in [6.07, 6.45) is 6.18. The van der Waals surface area contributed by atoms with Gasteiger partial charge in [-0.1, -0.05) is 55.5 Å². The summed E-state index contributed by atoms with van der Waals surface area (Å²) in [6.45, 7) is 4.99.